The summed E-state index contributed by atoms with van der Waals surface area (Å²) in [5.41, 5.74) is 2.39. The van der Waals surface area contributed by atoms with Crippen LogP contribution in [0.3, 0.4) is 0 Å². The summed E-state index contributed by atoms with van der Waals surface area (Å²) in [6, 6.07) is 4.10. The van der Waals surface area contributed by atoms with Gasteiger partial charge in [-0.05, 0) is 32.2 Å². The van der Waals surface area contributed by atoms with Crippen LogP contribution in [0.2, 0.25) is 0 Å². The minimum atomic E-state index is -0.586. The molecule has 0 heterocycles. The molecule has 110 valence electrons. The van der Waals surface area contributed by atoms with Crippen molar-refractivity contribution in [3.8, 4) is 0 Å². The lowest BCUT2D eigenvalue weighted by molar-refractivity contribution is -0.384. The SMILES string of the molecule is CSC(C)(C)CNC(=O)c1ccc(NN)c([N+](=O)[O-])c1. The molecule has 0 aliphatic heterocycles. The molecule has 0 spiro atoms. The molecule has 0 aliphatic carbocycles. The molecule has 1 aromatic carbocycles. The van der Waals surface area contributed by atoms with E-state index in [1.807, 2.05) is 20.1 Å². The monoisotopic (exact) mass is 298 g/mol. The number of carbonyl (C=O) groups is 1. The zero-order valence-corrected chi connectivity index (χ0v) is 12.4. The first-order valence-corrected chi connectivity index (χ1v) is 7.11. The summed E-state index contributed by atoms with van der Waals surface area (Å²) < 4.78 is -0.0969. The highest BCUT2D eigenvalue weighted by molar-refractivity contribution is 7.99. The van der Waals surface area contributed by atoms with Crippen LogP contribution in [0, 0.1) is 10.1 Å². The molecule has 4 N–H and O–H groups in total. The molecule has 0 aliphatic rings. The number of anilines is 1. The Morgan fingerprint density at radius 1 is 1.50 bits per heavy atom. The summed E-state index contributed by atoms with van der Waals surface area (Å²) >= 11 is 1.63. The van der Waals surface area contributed by atoms with Crippen LogP contribution in [0.1, 0.15) is 24.2 Å². The number of nitrogens with two attached hydrogens (primary N) is 1. The van der Waals surface area contributed by atoms with E-state index in [2.05, 4.69) is 10.7 Å². The van der Waals surface area contributed by atoms with Crippen LogP contribution in [-0.2, 0) is 0 Å². The number of nitro benzene ring substituents is 1. The third-order valence-electron chi connectivity index (χ3n) is 2.84. The topological polar surface area (TPSA) is 110 Å². The van der Waals surface area contributed by atoms with Crippen LogP contribution in [-0.4, -0.2) is 28.4 Å². The molecular formula is C12H18N4O3S. The number of nitrogens with zero attached hydrogens (tertiary/aromatic N) is 1. The van der Waals surface area contributed by atoms with Crippen molar-refractivity contribution in [2.45, 2.75) is 18.6 Å². The Balaban J connectivity index is 2.89. The molecule has 0 atom stereocenters. The Labute approximate surface area is 121 Å². The molecule has 0 aromatic heterocycles. The molecule has 1 rings (SSSR count). The number of hydrazine groups is 1. The van der Waals surface area contributed by atoms with Crippen molar-refractivity contribution >= 4 is 29.0 Å². The number of nitrogens with one attached hydrogen (secondary N) is 2. The van der Waals surface area contributed by atoms with Gasteiger partial charge in [0.2, 0.25) is 0 Å². The fraction of sp³-hybridized carbons (Fsp3) is 0.417. The fourth-order valence-electron chi connectivity index (χ4n) is 1.41. The van der Waals surface area contributed by atoms with Gasteiger partial charge in [-0.15, -0.1) is 0 Å². The number of rotatable bonds is 6. The standard InChI is InChI=1S/C12H18N4O3S/c1-12(2,20-3)7-14-11(17)8-4-5-9(15-13)10(6-8)16(18)19/h4-6,15H,7,13H2,1-3H3,(H,14,17). The van der Waals surface area contributed by atoms with Gasteiger partial charge in [0.15, 0.2) is 0 Å². The van der Waals surface area contributed by atoms with Gasteiger partial charge in [-0.3, -0.25) is 20.8 Å². The van der Waals surface area contributed by atoms with Crippen molar-refractivity contribution < 1.29 is 9.72 Å². The van der Waals surface area contributed by atoms with Crippen LogP contribution in [0.5, 0.6) is 0 Å². The molecule has 0 fully saturated rings. The Hall–Kier alpha value is -1.80. The maximum Gasteiger partial charge on any atom is 0.294 e. The van der Waals surface area contributed by atoms with Crippen molar-refractivity contribution in [2.75, 3.05) is 18.2 Å². The second-order valence-corrected chi connectivity index (χ2v) is 6.29. The van der Waals surface area contributed by atoms with E-state index in [9.17, 15) is 14.9 Å². The highest BCUT2D eigenvalue weighted by atomic mass is 32.2. The van der Waals surface area contributed by atoms with E-state index in [1.165, 1.54) is 18.2 Å². The summed E-state index contributed by atoms with van der Waals surface area (Å²) in [6.07, 6.45) is 1.96. The van der Waals surface area contributed by atoms with Gasteiger partial charge in [0.25, 0.3) is 11.6 Å². The lowest BCUT2D eigenvalue weighted by Gasteiger charge is -2.22. The van der Waals surface area contributed by atoms with Crippen LogP contribution in [0.25, 0.3) is 0 Å². The average Bonchev–Trinajstić information content (AvgIpc) is 2.44. The fourth-order valence-corrected chi connectivity index (χ4v) is 1.63. The van der Waals surface area contributed by atoms with Gasteiger partial charge in [-0.1, -0.05) is 0 Å². The van der Waals surface area contributed by atoms with Crippen LogP contribution < -0.4 is 16.6 Å². The Morgan fingerprint density at radius 2 is 2.15 bits per heavy atom. The average molecular weight is 298 g/mol. The van der Waals surface area contributed by atoms with Gasteiger partial charge in [0.1, 0.15) is 5.69 Å². The summed E-state index contributed by atoms with van der Waals surface area (Å²) in [6.45, 7) is 4.47. The smallest absolute Gasteiger partial charge is 0.294 e. The quantitative estimate of drug-likeness (QED) is 0.419. The normalized spacial score (nSPS) is 11.0. The summed E-state index contributed by atoms with van der Waals surface area (Å²) in [5.74, 6) is 4.84. The first kappa shape index (κ1) is 16.3. The van der Waals surface area contributed by atoms with E-state index in [1.54, 1.807) is 11.8 Å². The first-order valence-electron chi connectivity index (χ1n) is 5.89. The van der Waals surface area contributed by atoms with Gasteiger partial charge >= 0.3 is 0 Å². The predicted molar refractivity (Wildman–Crippen MR) is 80.8 cm³/mol. The summed E-state index contributed by atoms with van der Waals surface area (Å²) in [4.78, 5) is 22.3. The maximum atomic E-state index is 12.0. The zero-order valence-electron chi connectivity index (χ0n) is 11.6. The number of hydrogen-bond donors (Lipinski definition) is 3. The van der Waals surface area contributed by atoms with Crippen molar-refractivity contribution in [3.63, 3.8) is 0 Å². The van der Waals surface area contributed by atoms with E-state index in [4.69, 9.17) is 5.84 Å². The second-order valence-electron chi connectivity index (χ2n) is 4.78. The maximum absolute atomic E-state index is 12.0. The molecule has 7 nitrogen and oxygen atoms in total. The van der Waals surface area contributed by atoms with Crippen LogP contribution >= 0.6 is 11.8 Å². The molecule has 0 unspecified atom stereocenters. The van der Waals surface area contributed by atoms with E-state index in [0.717, 1.165) is 0 Å². The van der Waals surface area contributed by atoms with E-state index in [-0.39, 0.29) is 27.6 Å². The molecular weight excluding hydrogens is 280 g/mol. The Morgan fingerprint density at radius 3 is 2.65 bits per heavy atom. The molecule has 8 heteroatoms. The molecule has 1 amide bonds. The van der Waals surface area contributed by atoms with Gasteiger partial charge in [-0.2, -0.15) is 11.8 Å². The van der Waals surface area contributed by atoms with Gasteiger partial charge in [0.05, 0.1) is 4.92 Å². The van der Waals surface area contributed by atoms with E-state index >= 15 is 0 Å². The number of nitrogen functional groups attached to an aromatic ring is 1. The van der Waals surface area contributed by atoms with Crippen LogP contribution in [0.15, 0.2) is 18.2 Å². The summed E-state index contributed by atoms with van der Waals surface area (Å²) in [7, 11) is 0. The largest absolute Gasteiger partial charge is 0.351 e. The molecule has 20 heavy (non-hydrogen) atoms. The second kappa shape index (κ2) is 6.58. The van der Waals surface area contributed by atoms with Gasteiger partial charge in [-0.25, -0.2) is 0 Å². The number of nitro groups is 1. The first-order chi connectivity index (χ1) is 9.30. The third kappa shape index (κ3) is 4.10. The lowest BCUT2D eigenvalue weighted by atomic mass is 10.1. The number of thioether (sulfide) groups is 1. The number of amides is 1. The third-order valence-corrected chi connectivity index (χ3v) is 4.09. The molecule has 0 radical (unpaired) electrons. The van der Waals surface area contributed by atoms with Crippen molar-refractivity contribution in [3.05, 3.63) is 33.9 Å². The number of benzene rings is 1. The van der Waals surface area contributed by atoms with E-state index in [0.29, 0.717) is 6.54 Å². The molecule has 0 bridgehead atoms. The van der Waals surface area contributed by atoms with Gasteiger partial charge < -0.3 is 10.7 Å². The molecule has 1 aromatic rings. The Kier molecular flexibility index (Phi) is 5.34. The molecule has 0 saturated carbocycles. The van der Waals surface area contributed by atoms with Crippen molar-refractivity contribution in [2.24, 2.45) is 5.84 Å². The van der Waals surface area contributed by atoms with Gasteiger partial charge in [0, 0.05) is 22.9 Å². The van der Waals surface area contributed by atoms with Crippen LogP contribution in [0.4, 0.5) is 11.4 Å². The minimum absolute atomic E-state index is 0.0969. The zero-order chi connectivity index (χ0) is 15.3. The van der Waals surface area contributed by atoms with E-state index < -0.39 is 4.92 Å². The predicted octanol–water partition coefficient (Wildman–Crippen LogP) is 1.75. The lowest BCUT2D eigenvalue weighted by Crippen LogP contribution is -2.36. The highest BCUT2D eigenvalue weighted by Crippen LogP contribution is 2.25. The molecule has 0 saturated heterocycles. The van der Waals surface area contributed by atoms with Crippen molar-refractivity contribution in [1.82, 2.24) is 5.32 Å². The summed E-state index contributed by atoms with van der Waals surface area (Å²) in [5, 5.41) is 13.7. The van der Waals surface area contributed by atoms with Crippen molar-refractivity contribution in [1.29, 1.82) is 0 Å². The highest BCUT2D eigenvalue weighted by Gasteiger charge is 2.20. The Bertz CT molecular complexity index is 519. The minimum Gasteiger partial charge on any atom is -0.351 e. The number of hydrogen-bond acceptors (Lipinski definition) is 6. The number of carbonyl (C=O) groups excluding carboxylic acids is 1.